The van der Waals surface area contributed by atoms with Crippen LogP contribution >= 0.6 is 0 Å². The van der Waals surface area contributed by atoms with Crippen molar-refractivity contribution >= 4 is 0 Å². The standard InChI is InChI=1S/C13H25N/c1-11(13-8-3-2-4-9-13)14-10-12-6-5-7-12/h11-14H,2-10H2,1H3/t11-/m1/s1. The molecular weight excluding hydrogens is 170 g/mol. The molecule has 1 nitrogen and oxygen atoms in total. The van der Waals surface area contributed by atoms with Gasteiger partial charge in [-0.1, -0.05) is 25.7 Å². The van der Waals surface area contributed by atoms with Crippen molar-refractivity contribution < 1.29 is 0 Å². The minimum absolute atomic E-state index is 0.774. The molecule has 0 unspecified atom stereocenters. The normalized spacial score (nSPS) is 27.2. The lowest BCUT2D eigenvalue weighted by molar-refractivity contribution is 0.241. The molecule has 0 saturated heterocycles. The fourth-order valence-electron chi connectivity index (χ4n) is 2.85. The van der Waals surface area contributed by atoms with Gasteiger partial charge in [0.15, 0.2) is 0 Å². The maximum Gasteiger partial charge on any atom is 0.00671 e. The van der Waals surface area contributed by atoms with Gasteiger partial charge in [-0.15, -0.1) is 0 Å². The van der Waals surface area contributed by atoms with Crippen molar-refractivity contribution in [3.05, 3.63) is 0 Å². The van der Waals surface area contributed by atoms with Crippen molar-refractivity contribution in [1.29, 1.82) is 0 Å². The predicted octanol–water partition coefficient (Wildman–Crippen LogP) is 3.34. The Morgan fingerprint density at radius 2 is 1.71 bits per heavy atom. The van der Waals surface area contributed by atoms with Crippen molar-refractivity contribution in [3.63, 3.8) is 0 Å². The number of hydrogen-bond acceptors (Lipinski definition) is 1. The summed E-state index contributed by atoms with van der Waals surface area (Å²) in [5, 5.41) is 3.75. The van der Waals surface area contributed by atoms with Crippen LogP contribution in [-0.4, -0.2) is 12.6 Å². The van der Waals surface area contributed by atoms with Gasteiger partial charge in [0.25, 0.3) is 0 Å². The average Bonchev–Trinajstić information content (AvgIpc) is 2.16. The minimum atomic E-state index is 0.774. The lowest BCUT2D eigenvalue weighted by atomic mass is 9.82. The summed E-state index contributed by atoms with van der Waals surface area (Å²) in [6.07, 6.45) is 11.8. The second-order valence-corrected chi connectivity index (χ2v) is 5.39. The fourth-order valence-corrected chi connectivity index (χ4v) is 2.85. The smallest absolute Gasteiger partial charge is 0.00671 e. The summed E-state index contributed by atoms with van der Waals surface area (Å²) < 4.78 is 0. The van der Waals surface area contributed by atoms with Gasteiger partial charge in [0.05, 0.1) is 0 Å². The predicted molar refractivity (Wildman–Crippen MR) is 61.4 cm³/mol. The number of rotatable bonds is 4. The van der Waals surface area contributed by atoms with Crippen molar-refractivity contribution in [3.8, 4) is 0 Å². The summed E-state index contributed by atoms with van der Waals surface area (Å²) >= 11 is 0. The fraction of sp³-hybridized carbons (Fsp3) is 1.00. The molecule has 14 heavy (non-hydrogen) atoms. The Kier molecular flexibility index (Phi) is 3.86. The zero-order chi connectivity index (χ0) is 9.80. The van der Waals surface area contributed by atoms with E-state index in [2.05, 4.69) is 12.2 Å². The van der Waals surface area contributed by atoms with Gasteiger partial charge in [-0.25, -0.2) is 0 Å². The van der Waals surface area contributed by atoms with Crippen LogP contribution in [0.5, 0.6) is 0 Å². The van der Waals surface area contributed by atoms with E-state index in [1.807, 2.05) is 0 Å². The van der Waals surface area contributed by atoms with Gasteiger partial charge in [0, 0.05) is 6.04 Å². The zero-order valence-electron chi connectivity index (χ0n) is 9.60. The Labute approximate surface area is 88.7 Å². The van der Waals surface area contributed by atoms with Crippen LogP contribution in [-0.2, 0) is 0 Å². The maximum atomic E-state index is 3.75. The largest absolute Gasteiger partial charge is 0.314 e. The van der Waals surface area contributed by atoms with Crippen molar-refractivity contribution in [2.24, 2.45) is 11.8 Å². The second-order valence-electron chi connectivity index (χ2n) is 5.39. The highest BCUT2D eigenvalue weighted by atomic mass is 14.9. The Hall–Kier alpha value is -0.0400. The van der Waals surface area contributed by atoms with Crippen molar-refractivity contribution in [2.75, 3.05) is 6.54 Å². The minimum Gasteiger partial charge on any atom is -0.314 e. The highest BCUT2D eigenvalue weighted by Gasteiger charge is 2.22. The molecule has 1 atom stereocenters. The van der Waals surface area contributed by atoms with Crippen LogP contribution in [0.25, 0.3) is 0 Å². The Morgan fingerprint density at radius 1 is 1.00 bits per heavy atom. The molecule has 0 aromatic carbocycles. The van der Waals surface area contributed by atoms with Gasteiger partial charge in [-0.3, -0.25) is 0 Å². The molecule has 0 heterocycles. The first kappa shape index (κ1) is 10.5. The van der Waals surface area contributed by atoms with Crippen LogP contribution in [0.4, 0.5) is 0 Å². The molecule has 0 spiro atoms. The summed E-state index contributed by atoms with van der Waals surface area (Å²) in [5.74, 6) is 1.99. The molecule has 2 rings (SSSR count). The van der Waals surface area contributed by atoms with Gasteiger partial charge < -0.3 is 5.32 Å². The quantitative estimate of drug-likeness (QED) is 0.725. The summed E-state index contributed by atoms with van der Waals surface area (Å²) in [4.78, 5) is 0. The highest BCUT2D eigenvalue weighted by Crippen LogP contribution is 2.28. The van der Waals surface area contributed by atoms with E-state index in [1.165, 1.54) is 57.9 Å². The zero-order valence-corrected chi connectivity index (χ0v) is 9.60. The molecule has 1 heteroatoms. The van der Waals surface area contributed by atoms with E-state index in [-0.39, 0.29) is 0 Å². The molecule has 2 saturated carbocycles. The lowest BCUT2D eigenvalue weighted by Gasteiger charge is -2.32. The second kappa shape index (κ2) is 5.16. The molecule has 0 aliphatic heterocycles. The van der Waals surface area contributed by atoms with E-state index in [1.54, 1.807) is 0 Å². The van der Waals surface area contributed by atoms with Gasteiger partial charge in [-0.2, -0.15) is 0 Å². The average molecular weight is 195 g/mol. The van der Waals surface area contributed by atoms with Gasteiger partial charge in [-0.05, 0) is 51.0 Å². The van der Waals surface area contributed by atoms with E-state index < -0.39 is 0 Å². The van der Waals surface area contributed by atoms with E-state index in [0.717, 1.165) is 17.9 Å². The van der Waals surface area contributed by atoms with Crippen molar-refractivity contribution in [1.82, 2.24) is 5.32 Å². The molecule has 2 aliphatic carbocycles. The maximum absolute atomic E-state index is 3.75. The van der Waals surface area contributed by atoms with Crippen LogP contribution < -0.4 is 5.32 Å². The summed E-state index contributed by atoms with van der Waals surface area (Å²) in [7, 11) is 0. The van der Waals surface area contributed by atoms with Crippen LogP contribution in [0, 0.1) is 11.8 Å². The Morgan fingerprint density at radius 3 is 2.29 bits per heavy atom. The van der Waals surface area contributed by atoms with Crippen molar-refractivity contribution in [2.45, 2.75) is 64.3 Å². The van der Waals surface area contributed by atoms with Crippen LogP contribution in [0.1, 0.15) is 58.3 Å². The highest BCUT2D eigenvalue weighted by molar-refractivity contribution is 4.79. The molecule has 2 fully saturated rings. The SMILES string of the molecule is C[C@@H](NCC1CCC1)C1CCCCC1. The van der Waals surface area contributed by atoms with E-state index in [4.69, 9.17) is 0 Å². The molecule has 0 bridgehead atoms. The summed E-state index contributed by atoms with van der Waals surface area (Å²) in [6, 6.07) is 0.774. The van der Waals surface area contributed by atoms with Gasteiger partial charge >= 0.3 is 0 Å². The first-order chi connectivity index (χ1) is 6.86. The number of nitrogens with one attached hydrogen (secondary N) is 1. The summed E-state index contributed by atoms with van der Waals surface area (Å²) in [6.45, 7) is 3.69. The third-order valence-electron chi connectivity index (χ3n) is 4.31. The lowest BCUT2D eigenvalue weighted by Crippen LogP contribution is -2.39. The molecular formula is C13H25N. The van der Waals surface area contributed by atoms with Gasteiger partial charge in [0.2, 0.25) is 0 Å². The first-order valence-corrected chi connectivity index (χ1v) is 6.59. The Bertz CT molecular complexity index is 157. The van der Waals surface area contributed by atoms with E-state index >= 15 is 0 Å². The Balaban J connectivity index is 1.62. The molecule has 0 radical (unpaired) electrons. The summed E-state index contributed by atoms with van der Waals surface area (Å²) in [5.41, 5.74) is 0. The van der Waals surface area contributed by atoms with Crippen LogP contribution in [0.2, 0.25) is 0 Å². The first-order valence-electron chi connectivity index (χ1n) is 6.59. The molecule has 0 amide bonds. The molecule has 1 N–H and O–H groups in total. The van der Waals surface area contributed by atoms with Gasteiger partial charge in [0.1, 0.15) is 0 Å². The van der Waals surface area contributed by atoms with E-state index in [0.29, 0.717) is 0 Å². The topological polar surface area (TPSA) is 12.0 Å². The molecule has 82 valence electrons. The monoisotopic (exact) mass is 195 g/mol. The molecule has 2 aliphatic rings. The van der Waals surface area contributed by atoms with Crippen LogP contribution in [0.3, 0.4) is 0 Å². The third kappa shape index (κ3) is 2.73. The van der Waals surface area contributed by atoms with Crippen LogP contribution in [0.15, 0.2) is 0 Å². The third-order valence-corrected chi connectivity index (χ3v) is 4.31. The molecule has 0 aromatic heterocycles. The molecule has 0 aromatic rings. The van der Waals surface area contributed by atoms with E-state index in [9.17, 15) is 0 Å². The number of hydrogen-bond donors (Lipinski definition) is 1.